The number of carbonyl (C=O) groups excluding carboxylic acids is 2. The summed E-state index contributed by atoms with van der Waals surface area (Å²) >= 11 is 0. The molecule has 1 rings (SSSR count). The first-order valence-electron chi connectivity index (χ1n) is 7.08. The van der Waals surface area contributed by atoms with Gasteiger partial charge in [0.15, 0.2) is 5.78 Å². The maximum absolute atomic E-state index is 11.8. The molecule has 0 amide bonds. The Balaban J connectivity index is 2.37. The zero-order chi connectivity index (χ0) is 13.4. The first-order valence-corrected chi connectivity index (χ1v) is 7.08. The summed E-state index contributed by atoms with van der Waals surface area (Å²) in [5, 5.41) is 0. The third kappa shape index (κ3) is 5.17. The van der Waals surface area contributed by atoms with E-state index >= 15 is 0 Å². The number of nitrogens with zero attached hydrogens (tertiary/aromatic N) is 1. The van der Waals surface area contributed by atoms with E-state index in [0.717, 1.165) is 6.54 Å². The summed E-state index contributed by atoms with van der Waals surface area (Å²) in [4.78, 5) is 25.2. The molecule has 1 aliphatic rings. The van der Waals surface area contributed by atoms with Gasteiger partial charge in [0.25, 0.3) is 0 Å². The standard InChI is InChI=1S/C14H25NO3/c1-3-15(12-8-6-5-7-9-12)11-13(16)10-14(17)18-4-2/h12H,3-11H2,1-2H3. The molecular formula is C14H25NO3. The molecule has 0 bridgehead atoms. The Morgan fingerprint density at radius 1 is 1.17 bits per heavy atom. The molecule has 0 N–H and O–H groups in total. The third-order valence-corrected chi connectivity index (χ3v) is 3.52. The molecule has 1 aliphatic carbocycles. The lowest BCUT2D eigenvalue weighted by atomic mass is 9.94. The summed E-state index contributed by atoms with van der Waals surface area (Å²) in [6, 6.07) is 0.523. The van der Waals surface area contributed by atoms with E-state index in [4.69, 9.17) is 4.74 Å². The van der Waals surface area contributed by atoms with Gasteiger partial charge in [0.1, 0.15) is 6.42 Å². The fraction of sp³-hybridized carbons (Fsp3) is 0.857. The lowest BCUT2D eigenvalue weighted by Gasteiger charge is -2.32. The largest absolute Gasteiger partial charge is 0.466 e. The highest BCUT2D eigenvalue weighted by molar-refractivity contribution is 5.96. The topological polar surface area (TPSA) is 46.6 Å². The van der Waals surface area contributed by atoms with Gasteiger partial charge >= 0.3 is 5.97 Å². The van der Waals surface area contributed by atoms with Gasteiger partial charge in [-0.3, -0.25) is 14.5 Å². The van der Waals surface area contributed by atoms with Crippen molar-refractivity contribution in [2.75, 3.05) is 19.7 Å². The molecule has 104 valence electrons. The van der Waals surface area contributed by atoms with Gasteiger partial charge in [-0.2, -0.15) is 0 Å². The summed E-state index contributed by atoms with van der Waals surface area (Å²) in [5.41, 5.74) is 0. The van der Waals surface area contributed by atoms with Crippen LogP contribution in [0.4, 0.5) is 0 Å². The highest BCUT2D eigenvalue weighted by Gasteiger charge is 2.22. The second-order valence-electron chi connectivity index (χ2n) is 4.88. The van der Waals surface area contributed by atoms with Gasteiger partial charge in [-0.1, -0.05) is 26.2 Å². The molecule has 1 saturated carbocycles. The number of esters is 1. The molecule has 0 aromatic rings. The van der Waals surface area contributed by atoms with Crippen molar-refractivity contribution in [3.8, 4) is 0 Å². The van der Waals surface area contributed by atoms with Gasteiger partial charge in [-0.05, 0) is 26.3 Å². The normalized spacial score (nSPS) is 16.8. The average Bonchev–Trinajstić information content (AvgIpc) is 2.37. The first kappa shape index (κ1) is 15.2. The fourth-order valence-corrected chi connectivity index (χ4v) is 2.60. The molecular weight excluding hydrogens is 230 g/mol. The van der Waals surface area contributed by atoms with Crippen molar-refractivity contribution in [1.29, 1.82) is 0 Å². The van der Waals surface area contributed by atoms with Crippen molar-refractivity contribution in [1.82, 2.24) is 4.90 Å². The van der Waals surface area contributed by atoms with Crippen LogP contribution in [-0.4, -0.2) is 42.4 Å². The van der Waals surface area contributed by atoms with Crippen molar-refractivity contribution < 1.29 is 14.3 Å². The maximum atomic E-state index is 11.8. The number of Topliss-reactive ketones (excluding diaryl/α,β-unsaturated/α-hetero) is 1. The highest BCUT2D eigenvalue weighted by atomic mass is 16.5. The van der Waals surface area contributed by atoms with Crippen LogP contribution >= 0.6 is 0 Å². The number of hydrogen-bond donors (Lipinski definition) is 0. The molecule has 0 aromatic carbocycles. The smallest absolute Gasteiger partial charge is 0.313 e. The second-order valence-corrected chi connectivity index (χ2v) is 4.88. The van der Waals surface area contributed by atoms with E-state index < -0.39 is 5.97 Å². The molecule has 0 heterocycles. The van der Waals surface area contributed by atoms with E-state index in [2.05, 4.69) is 11.8 Å². The number of ether oxygens (including phenoxy) is 1. The monoisotopic (exact) mass is 255 g/mol. The highest BCUT2D eigenvalue weighted by Crippen LogP contribution is 2.22. The summed E-state index contributed by atoms with van der Waals surface area (Å²) in [7, 11) is 0. The van der Waals surface area contributed by atoms with E-state index in [0.29, 0.717) is 19.2 Å². The lowest BCUT2D eigenvalue weighted by Crippen LogP contribution is -2.40. The van der Waals surface area contributed by atoms with Gasteiger partial charge in [0, 0.05) is 6.04 Å². The van der Waals surface area contributed by atoms with Crippen LogP contribution in [0.15, 0.2) is 0 Å². The molecule has 0 aliphatic heterocycles. The number of rotatable bonds is 7. The molecule has 1 fully saturated rings. The SMILES string of the molecule is CCOC(=O)CC(=O)CN(CC)C1CCCCC1. The lowest BCUT2D eigenvalue weighted by molar-refractivity contribution is -0.145. The second kappa shape index (κ2) is 8.25. The predicted molar refractivity (Wildman–Crippen MR) is 70.4 cm³/mol. The Morgan fingerprint density at radius 2 is 1.83 bits per heavy atom. The van der Waals surface area contributed by atoms with Gasteiger partial charge < -0.3 is 4.74 Å². The van der Waals surface area contributed by atoms with Crippen molar-refractivity contribution in [3.63, 3.8) is 0 Å². The molecule has 0 unspecified atom stereocenters. The van der Waals surface area contributed by atoms with Gasteiger partial charge in [0.2, 0.25) is 0 Å². The van der Waals surface area contributed by atoms with Crippen LogP contribution in [0.5, 0.6) is 0 Å². The molecule has 0 atom stereocenters. The van der Waals surface area contributed by atoms with Gasteiger partial charge in [0.05, 0.1) is 13.2 Å². The van der Waals surface area contributed by atoms with E-state index in [1.54, 1.807) is 6.92 Å². The van der Waals surface area contributed by atoms with Gasteiger partial charge in [-0.15, -0.1) is 0 Å². The Labute approximate surface area is 110 Å². The number of hydrogen-bond acceptors (Lipinski definition) is 4. The Bertz CT molecular complexity index is 272. The molecule has 0 spiro atoms. The van der Waals surface area contributed by atoms with E-state index in [-0.39, 0.29) is 12.2 Å². The van der Waals surface area contributed by atoms with Gasteiger partial charge in [-0.25, -0.2) is 0 Å². The minimum absolute atomic E-state index is 0.0270. The van der Waals surface area contributed by atoms with Crippen molar-refractivity contribution >= 4 is 11.8 Å². The summed E-state index contributed by atoms with van der Waals surface area (Å²) in [6.07, 6.45) is 6.10. The molecule has 0 saturated heterocycles. The molecule has 18 heavy (non-hydrogen) atoms. The van der Waals surface area contributed by atoms with E-state index in [1.807, 2.05) is 0 Å². The summed E-state index contributed by atoms with van der Waals surface area (Å²) < 4.78 is 4.79. The number of likely N-dealkylation sites (N-methyl/N-ethyl adjacent to an activating group) is 1. The van der Waals surface area contributed by atoms with Crippen LogP contribution in [0.1, 0.15) is 52.4 Å². The van der Waals surface area contributed by atoms with Crippen molar-refractivity contribution in [2.24, 2.45) is 0 Å². The van der Waals surface area contributed by atoms with Crippen molar-refractivity contribution in [3.05, 3.63) is 0 Å². The zero-order valence-electron chi connectivity index (χ0n) is 11.6. The zero-order valence-corrected chi connectivity index (χ0v) is 11.6. The molecule has 0 aromatic heterocycles. The summed E-state index contributed by atoms with van der Waals surface area (Å²) in [6.45, 7) is 5.43. The van der Waals surface area contributed by atoms with E-state index in [9.17, 15) is 9.59 Å². The maximum Gasteiger partial charge on any atom is 0.313 e. The van der Waals surface area contributed by atoms with Crippen LogP contribution in [0.2, 0.25) is 0 Å². The van der Waals surface area contributed by atoms with Crippen LogP contribution < -0.4 is 0 Å². The number of carbonyl (C=O) groups is 2. The molecule has 0 radical (unpaired) electrons. The quantitative estimate of drug-likeness (QED) is 0.516. The summed E-state index contributed by atoms with van der Waals surface area (Å²) in [5.74, 6) is -0.428. The predicted octanol–water partition coefficient (Wildman–Crippen LogP) is 2.16. The van der Waals surface area contributed by atoms with Crippen LogP contribution in [0, 0.1) is 0 Å². The Morgan fingerprint density at radius 3 is 2.39 bits per heavy atom. The first-order chi connectivity index (χ1) is 8.67. The fourth-order valence-electron chi connectivity index (χ4n) is 2.60. The minimum atomic E-state index is -0.401. The number of ketones is 1. The Kier molecular flexibility index (Phi) is 6.94. The van der Waals surface area contributed by atoms with Crippen LogP contribution in [0.25, 0.3) is 0 Å². The van der Waals surface area contributed by atoms with Crippen molar-refractivity contribution in [2.45, 2.75) is 58.4 Å². The van der Waals surface area contributed by atoms with Crippen LogP contribution in [-0.2, 0) is 14.3 Å². The average molecular weight is 255 g/mol. The molecule has 4 heteroatoms. The van der Waals surface area contributed by atoms with E-state index in [1.165, 1.54) is 32.1 Å². The minimum Gasteiger partial charge on any atom is -0.466 e. The molecule has 4 nitrogen and oxygen atoms in total. The van der Waals surface area contributed by atoms with Crippen LogP contribution in [0.3, 0.4) is 0 Å². The third-order valence-electron chi connectivity index (χ3n) is 3.52. The Hall–Kier alpha value is -0.900.